The van der Waals surface area contributed by atoms with Gasteiger partial charge in [-0.1, -0.05) is 13.0 Å². The van der Waals surface area contributed by atoms with Gasteiger partial charge in [0.25, 0.3) is 0 Å². The van der Waals surface area contributed by atoms with Crippen LogP contribution in [0.3, 0.4) is 0 Å². The Balaban J connectivity index is 2.66. The highest BCUT2D eigenvalue weighted by molar-refractivity contribution is 5.58. The van der Waals surface area contributed by atoms with E-state index in [-0.39, 0.29) is 6.61 Å². The fraction of sp³-hybridized carbons (Fsp3) is 0.500. The van der Waals surface area contributed by atoms with Crippen molar-refractivity contribution in [2.24, 2.45) is 0 Å². The molecule has 0 saturated heterocycles. The van der Waals surface area contributed by atoms with Crippen LogP contribution < -0.4 is 11.1 Å². The van der Waals surface area contributed by atoms with E-state index in [9.17, 15) is 0 Å². The Morgan fingerprint density at radius 1 is 1.47 bits per heavy atom. The lowest BCUT2D eigenvalue weighted by atomic mass is 10.1. The van der Waals surface area contributed by atoms with Gasteiger partial charge in [-0.3, -0.25) is 0 Å². The summed E-state index contributed by atoms with van der Waals surface area (Å²) in [6, 6.07) is 6.28. The Morgan fingerprint density at radius 3 is 2.73 bits per heavy atom. The van der Waals surface area contributed by atoms with Gasteiger partial charge in [-0.25, -0.2) is 0 Å². The number of hydrogen-bond acceptors (Lipinski definition) is 3. The summed E-state index contributed by atoms with van der Waals surface area (Å²) in [5, 5.41) is 12.2. The largest absolute Gasteiger partial charge is 0.398 e. The molecule has 0 aromatic heterocycles. The van der Waals surface area contributed by atoms with Crippen LogP contribution in [-0.4, -0.2) is 17.8 Å². The van der Waals surface area contributed by atoms with E-state index in [1.54, 1.807) is 0 Å². The molecular formula is C12H20N2O. The van der Waals surface area contributed by atoms with E-state index in [0.29, 0.717) is 6.04 Å². The lowest BCUT2D eigenvalue weighted by Crippen LogP contribution is -2.19. The average molecular weight is 208 g/mol. The van der Waals surface area contributed by atoms with Gasteiger partial charge in [0.2, 0.25) is 0 Å². The third-order valence-electron chi connectivity index (χ3n) is 2.62. The van der Waals surface area contributed by atoms with Crippen molar-refractivity contribution in [2.75, 3.05) is 17.7 Å². The van der Waals surface area contributed by atoms with Gasteiger partial charge < -0.3 is 16.2 Å². The molecule has 0 spiro atoms. The quantitative estimate of drug-likeness (QED) is 0.650. The first kappa shape index (κ1) is 11.9. The molecule has 3 heteroatoms. The number of aliphatic hydroxyl groups is 1. The molecule has 4 N–H and O–H groups in total. The summed E-state index contributed by atoms with van der Waals surface area (Å²) in [4.78, 5) is 0. The van der Waals surface area contributed by atoms with Crippen LogP contribution in [0.5, 0.6) is 0 Å². The van der Waals surface area contributed by atoms with Gasteiger partial charge in [0.1, 0.15) is 0 Å². The van der Waals surface area contributed by atoms with E-state index in [4.69, 9.17) is 10.8 Å². The lowest BCUT2D eigenvalue weighted by Gasteiger charge is -2.17. The maximum absolute atomic E-state index is 8.88. The molecule has 0 aliphatic heterocycles. The van der Waals surface area contributed by atoms with Crippen molar-refractivity contribution >= 4 is 11.4 Å². The van der Waals surface area contributed by atoms with E-state index >= 15 is 0 Å². The number of nitrogens with one attached hydrogen (secondary N) is 1. The van der Waals surface area contributed by atoms with Crippen LogP contribution in [0, 0.1) is 6.92 Å². The smallest absolute Gasteiger partial charge is 0.0450 e. The minimum Gasteiger partial charge on any atom is -0.398 e. The zero-order valence-electron chi connectivity index (χ0n) is 9.46. The number of rotatable bonds is 5. The predicted molar refractivity (Wildman–Crippen MR) is 65.0 cm³/mol. The minimum absolute atomic E-state index is 0.215. The molecule has 0 fully saturated rings. The first-order valence-electron chi connectivity index (χ1n) is 5.41. The summed E-state index contributed by atoms with van der Waals surface area (Å²) < 4.78 is 0. The van der Waals surface area contributed by atoms with E-state index in [1.165, 1.54) is 0 Å². The van der Waals surface area contributed by atoms with Crippen molar-refractivity contribution in [3.05, 3.63) is 23.8 Å². The zero-order chi connectivity index (χ0) is 11.3. The third-order valence-corrected chi connectivity index (χ3v) is 2.62. The summed E-state index contributed by atoms with van der Waals surface area (Å²) in [6.45, 7) is 4.31. The van der Waals surface area contributed by atoms with E-state index in [2.05, 4.69) is 12.2 Å². The van der Waals surface area contributed by atoms with Gasteiger partial charge >= 0.3 is 0 Å². The van der Waals surface area contributed by atoms with Gasteiger partial charge in [0.05, 0.1) is 0 Å². The summed E-state index contributed by atoms with van der Waals surface area (Å²) in [6.07, 6.45) is 1.76. The molecule has 0 saturated carbocycles. The second-order valence-electron chi connectivity index (χ2n) is 3.83. The molecule has 0 amide bonds. The maximum atomic E-state index is 8.88. The van der Waals surface area contributed by atoms with Crippen molar-refractivity contribution in [1.82, 2.24) is 0 Å². The topological polar surface area (TPSA) is 58.3 Å². The first-order chi connectivity index (χ1) is 7.17. The molecule has 0 heterocycles. The number of benzene rings is 1. The Bertz CT molecular complexity index is 312. The van der Waals surface area contributed by atoms with Crippen molar-refractivity contribution in [3.8, 4) is 0 Å². The molecule has 1 aromatic rings. The summed E-state index contributed by atoms with van der Waals surface area (Å²) >= 11 is 0. The second kappa shape index (κ2) is 5.61. The first-order valence-corrected chi connectivity index (χ1v) is 5.41. The molecule has 0 aliphatic rings. The Morgan fingerprint density at radius 2 is 2.20 bits per heavy atom. The summed E-state index contributed by atoms with van der Waals surface area (Å²) in [7, 11) is 0. The number of nitrogen functional groups attached to an aromatic ring is 1. The van der Waals surface area contributed by atoms with Crippen molar-refractivity contribution < 1.29 is 5.11 Å². The summed E-state index contributed by atoms with van der Waals surface area (Å²) in [5.74, 6) is 0. The number of hydrogen-bond donors (Lipinski definition) is 3. The standard InChI is InChI=1S/C12H20N2O/c1-3-10(6-7-15)14-11-5-4-9(2)12(13)8-11/h4-5,8,10,14-15H,3,6-7,13H2,1-2H3. The van der Waals surface area contributed by atoms with Crippen LogP contribution >= 0.6 is 0 Å². The molecule has 1 unspecified atom stereocenters. The maximum Gasteiger partial charge on any atom is 0.0450 e. The number of nitrogens with two attached hydrogens (primary N) is 1. The minimum atomic E-state index is 0.215. The Hall–Kier alpha value is -1.22. The molecule has 1 aromatic carbocycles. The van der Waals surface area contributed by atoms with Crippen LogP contribution in [0.15, 0.2) is 18.2 Å². The molecule has 84 valence electrons. The molecule has 0 bridgehead atoms. The fourth-order valence-electron chi connectivity index (χ4n) is 1.50. The van der Waals surface area contributed by atoms with Gasteiger partial charge in [-0.05, 0) is 37.5 Å². The molecule has 0 radical (unpaired) electrons. The van der Waals surface area contributed by atoms with Crippen LogP contribution in [0.1, 0.15) is 25.3 Å². The Labute approximate surface area is 91.3 Å². The highest BCUT2D eigenvalue weighted by atomic mass is 16.3. The highest BCUT2D eigenvalue weighted by Gasteiger charge is 2.05. The third kappa shape index (κ3) is 3.44. The van der Waals surface area contributed by atoms with E-state index in [0.717, 1.165) is 29.8 Å². The van der Waals surface area contributed by atoms with Crippen molar-refractivity contribution in [3.63, 3.8) is 0 Å². The highest BCUT2D eigenvalue weighted by Crippen LogP contribution is 2.18. The number of aliphatic hydroxyl groups excluding tert-OH is 1. The molecule has 1 rings (SSSR count). The normalized spacial score (nSPS) is 12.5. The van der Waals surface area contributed by atoms with Crippen molar-refractivity contribution in [2.45, 2.75) is 32.7 Å². The molecule has 15 heavy (non-hydrogen) atoms. The average Bonchev–Trinajstić information content (AvgIpc) is 2.23. The van der Waals surface area contributed by atoms with E-state index in [1.807, 2.05) is 25.1 Å². The van der Waals surface area contributed by atoms with E-state index < -0.39 is 0 Å². The Kier molecular flexibility index (Phi) is 4.43. The lowest BCUT2D eigenvalue weighted by molar-refractivity contribution is 0.278. The van der Waals surface area contributed by atoms with Gasteiger partial charge in [0.15, 0.2) is 0 Å². The SMILES string of the molecule is CCC(CCO)Nc1ccc(C)c(N)c1. The monoisotopic (exact) mass is 208 g/mol. The molecule has 3 nitrogen and oxygen atoms in total. The van der Waals surface area contributed by atoms with Gasteiger partial charge in [-0.2, -0.15) is 0 Å². The fourth-order valence-corrected chi connectivity index (χ4v) is 1.50. The van der Waals surface area contributed by atoms with Gasteiger partial charge in [0, 0.05) is 24.0 Å². The van der Waals surface area contributed by atoms with Gasteiger partial charge in [-0.15, -0.1) is 0 Å². The van der Waals surface area contributed by atoms with Crippen LogP contribution in [-0.2, 0) is 0 Å². The molecular weight excluding hydrogens is 188 g/mol. The van der Waals surface area contributed by atoms with Crippen LogP contribution in [0.4, 0.5) is 11.4 Å². The molecule has 0 aliphatic carbocycles. The zero-order valence-corrected chi connectivity index (χ0v) is 9.46. The number of anilines is 2. The van der Waals surface area contributed by atoms with Crippen molar-refractivity contribution in [1.29, 1.82) is 0 Å². The second-order valence-corrected chi connectivity index (χ2v) is 3.83. The summed E-state index contributed by atoms with van der Waals surface area (Å²) in [5.41, 5.74) is 8.75. The molecule has 1 atom stereocenters. The predicted octanol–water partition coefficient (Wildman–Crippen LogP) is 2.15. The van der Waals surface area contributed by atoms with Crippen LogP contribution in [0.2, 0.25) is 0 Å². The van der Waals surface area contributed by atoms with Crippen LogP contribution in [0.25, 0.3) is 0 Å². The number of aryl methyl sites for hydroxylation is 1.